The number of carbonyl (C=O) groups excluding carboxylic acids is 1. The lowest BCUT2D eigenvalue weighted by atomic mass is 10.1. The van der Waals surface area contributed by atoms with E-state index in [2.05, 4.69) is 39.3 Å². The number of aliphatic hydroxyl groups excluding tert-OH is 1. The maximum Gasteiger partial charge on any atom is 0.293 e. The van der Waals surface area contributed by atoms with Crippen LogP contribution in [0.2, 0.25) is 5.28 Å². The highest BCUT2D eigenvalue weighted by Gasteiger charge is 2.49. The van der Waals surface area contributed by atoms with E-state index in [9.17, 15) is 9.90 Å². The van der Waals surface area contributed by atoms with Crippen molar-refractivity contribution >= 4 is 35.2 Å². The Bertz CT molecular complexity index is 1080. The molecule has 32 heavy (non-hydrogen) atoms. The highest BCUT2D eigenvalue weighted by Crippen LogP contribution is 2.42. The summed E-state index contributed by atoms with van der Waals surface area (Å²) in [6, 6.07) is 1.84. The van der Waals surface area contributed by atoms with Crippen molar-refractivity contribution in [2.45, 2.75) is 70.6 Å². The third kappa shape index (κ3) is 4.03. The van der Waals surface area contributed by atoms with Crippen molar-refractivity contribution in [2.75, 3.05) is 5.32 Å². The molecule has 4 atom stereocenters. The summed E-state index contributed by atoms with van der Waals surface area (Å²) in [7, 11) is 0. The minimum atomic E-state index is -1.20. The second-order valence-electron chi connectivity index (χ2n) is 7.52. The van der Waals surface area contributed by atoms with Crippen LogP contribution in [-0.2, 0) is 20.7 Å². The quantitative estimate of drug-likeness (QED) is 0.359. The Morgan fingerprint density at radius 3 is 2.78 bits per heavy atom. The van der Waals surface area contributed by atoms with Gasteiger partial charge in [0, 0.05) is 18.5 Å². The van der Waals surface area contributed by atoms with Gasteiger partial charge in [-0.2, -0.15) is 4.98 Å². The van der Waals surface area contributed by atoms with Crippen LogP contribution in [0.15, 0.2) is 16.8 Å². The number of aryl methyl sites for hydroxylation is 1. The minimum Gasteiger partial charge on any atom is -0.457 e. The molecule has 1 fully saturated rings. The van der Waals surface area contributed by atoms with Gasteiger partial charge >= 0.3 is 0 Å². The molecule has 0 aliphatic carbocycles. The second kappa shape index (κ2) is 9.39. The highest BCUT2D eigenvalue weighted by atomic mass is 35.5. The smallest absolute Gasteiger partial charge is 0.293 e. The maximum absolute atomic E-state index is 11.3. The lowest BCUT2D eigenvalue weighted by Crippen LogP contribution is -2.33. The van der Waals surface area contributed by atoms with Gasteiger partial charge < -0.3 is 24.4 Å². The normalized spacial score (nSPS) is 23.2. The van der Waals surface area contributed by atoms with Gasteiger partial charge in [-0.1, -0.05) is 25.9 Å². The summed E-state index contributed by atoms with van der Waals surface area (Å²) in [5.41, 5.74) is 1.26. The molecule has 0 saturated carbocycles. The standard InChI is InChI=1S/C20H25ClN6O5/c1-4-10(5-2)23-20-24-13-8-22-19(21)25-17(13)27(20)18-16(30-9-28)14(29)15(31-18)12-7-11(6-3)32-26-12/h7-10,14-16,18,29H,4-6H2,1-3H3,(H,23,24)/t14-,15-,16-,18-/m1/s1. The van der Waals surface area contributed by atoms with E-state index in [1.54, 1.807) is 10.6 Å². The Morgan fingerprint density at radius 1 is 1.34 bits per heavy atom. The molecule has 1 aliphatic heterocycles. The van der Waals surface area contributed by atoms with Crippen LogP contribution < -0.4 is 5.32 Å². The number of nitrogens with one attached hydrogen (secondary N) is 1. The van der Waals surface area contributed by atoms with Gasteiger partial charge in [0.2, 0.25) is 11.2 Å². The predicted molar refractivity (Wildman–Crippen MR) is 114 cm³/mol. The number of ether oxygens (including phenoxy) is 2. The van der Waals surface area contributed by atoms with Crippen LogP contribution in [0.5, 0.6) is 0 Å². The summed E-state index contributed by atoms with van der Waals surface area (Å²) in [5, 5.41) is 18.4. The van der Waals surface area contributed by atoms with Gasteiger partial charge in [-0.25, -0.2) is 9.97 Å². The van der Waals surface area contributed by atoms with E-state index in [0.717, 1.165) is 12.8 Å². The molecule has 3 aromatic heterocycles. The average Bonchev–Trinajstić information content (AvgIpc) is 3.48. The number of fused-ring (bicyclic) bond motifs is 1. The Labute approximate surface area is 189 Å². The molecular formula is C20H25ClN6O5. The van der Waals surface area contributed by atoms with Crippen molar-refractivity contribution in [2.24, 2.45) is 0 Å². The zero-order valence-corrected chi connectivity index (χ0v) is 18.7. The fourth-order valence-corrected chi connectivity index (χ4v) is 3.96. The second-order valence-corrected chi connectivity index (χ2v) is 7.86. The third-order valence-corrected chi connectivity index (χ3v) is 5.80. The monoisotopic (exact) mass is 464 g/mol. The first-order valence-corrected chi connectivity index (χ1v) is 10.9. The number of carbonyl (C=O) groups is 1. The molecule has 4 rings (SSSR count). The first kappa shape index (κ1) is 22.4. The largest absolute Gasteiger partial charge is 0.457 e. The van der Waals surface area contributed by atoms with Crippen molar-refractivity contribution in [1.82, 2.24) is 24.7 Å². The molecule has 2 N–H and O–H groups in total. The number of imidazole rings is 1. The molecular weight excluding hydrogens is 440 g/mol. The summed E-state index contributed by atoms with van der Waals surface area (Å²) >= 11 is 6.05. The first-order valence-electron chi connectivity index (χ1n) is 10.6. The lowest BCUT2D eigenvalue weighted by molar-refractivity contribution is -0.142. The van der Waals surface area contributed by atoms with Crippen molar-refractivity contribution in [3.05, 3.63) is 29.0 Å². The number of aromatic nitrogens is 5. The van der Waals surface area contributed by atoms with E-state index in [4.69, 9.17) is 25.6 Å². The number of hydrogen-bond acceptors (Lipinski definition) is 10. The summed E-state index contributed by atoms with van der Waals surface area (Å²) in [5.74, 6) is 1.09. The average molecular weight is 465 g/mol. The van der Waals surface area contributed by atoms with Gasteiger partial charge in [-0.15, -0.1) is 0 Å². The molecule has 12 heteroatoms. The fraction of sp³-hybridized carbons (Fsp3) is 0.550. The highest BCUT2D eigenvalue weighted by molar-refractivity contribution is 6.28. The van der Waals surface area contributed by atoms with Gasteiger partial charge in [0.15, 0.2) is 18.0 Å². The van der Waals surface area contributed by atoms with E-state index in [1.165, 1.54) is 6.20 Å². The Balaban J connectivity index is 1.80. The molecule has 0 spiro atoms. The molecule has 172 valence electrons. The van der Waals surface area contributed by atoms with Crippen molar-refractivity contribution < 1.29 is 23.9 Å². The van der Waals surface area contributed by atoms with Crippen LogP contribution in [0.4, 0.5) is 5.95 Å². The van der Waals surface area contributed by atoms with Crippen molar-refractivity contribution in [3.8, 4) is 0 Å². The molecule has 0 bridgehead atoms. The molecule has 3 aromatic rings. The van der Waals surface area contributed by atoms with E-state index in [0.29, 0.717) is 35.0 Å². The molecule has 0 amide bonds. The first-order chi connectivity index (χ1) is 15.5. The third-order valence-electron chi connectivity index (χ3n) is 5.62. The van der Waals surface area contributed by atoms with E-state index >= 15 is 0 Å². The van der Waals surface area contributed by atoms with Crippen LogP contribution in [0.1, 0.15) is 57.4 Å². The van der Waals surface area contributed by atoms with Gasteiger partial charge in [-0.05, 0) is 24.4 Å². The van der Waals surface area contributed by atoms with Gasteiger partial charge in [-0.3, -0.25) is 9.36 Å². The zero-order valence-electron chi connectivity index (χ0n) is 17.9. The molecule has 0 radical (unpaired) electrons. The Morgan fingerprint density at radius 2 is 2.12 bits per heavy atom. The van der Waals surface area contributed by atoms with Crippen LogP contribution in [0.3, 0.4) is 0 Å². The Kier molecular flexibility index (Phi) is 6.58. The summed E-state index contributed by atoms with van der Waals surface area (Å²) in [6.07, 6.45) is -0.226. The number of anilines is 1. The van der Waals surface area contributed by atoms with E-state index < -0.39 is 24.5 Å². The van der Waals surface area contributed by atoms with Crippen LogP contribution in [-0.4, -0.2) is 54.5 Å². The van der Waals surface area contributed by atoms with Gasteiger partial charge in [0.25, 0.3) is 6.47 Å². The minimum absolute atomic E-state index is 0.0276. The number of aliphatic hydroxyl groups is 1. The van der Waals surface area contributed by atoms with Gasteiger partial charge in [0.1, 0.15) is 29.2 Å². The molecule has 1 aliphatic rings. The summed E-state index contributed by atoms with van der Waals surface area (Å²) in [4.78, 5) is 24.2. The van der Waals surface area contributed by atoms with Crippen molar-refractivity contribution in [1.29, 1.82) is 0 Å². The molecule has 4 heterocycles. The molecule has 0 unspecified atom stereocenters. The summed E-state index contributed by atoms with van der Waals surface area (Å²) in [6.45, 7) is 6.33. The van der Waals surface area contributed by atoms with Crippen LogP contribution >= 0.6 is 11.6 Å². The number of nitrogens with zero attached hydrogens (tertiary/aromatic N) is 5. The molecule has 1 saturated heterocycles. The SMILES string of the molecule is CCc1cc([C@H]2O[C@@H](n3c(NC(CC)CC)nc4cnc(Cl)nc43)[C@H](OC=O)[C@@H]2O)no1. The predicted octanol–water partition coefficient (Wildman–Crippen LogP) is 2.80. The van der Waals surface area contributed by atoms with Gasteiger partial charge in [0.05, 0.1) is 6.20 Å². The van der Waals surface area contributed by atoms with Crippen LogP contribution in [0.25, 0.3) is 11.2 Å². The van der Waals surface area contributed by atoms with Crippen molar-refractivity contribution in [3.63, 3.8) is 0 Å². The number of halogens is 1. The summed E-state index contributed by atoms with van der Waals surface area (Å²) < 4.78 is 18.4. The topological polar surface area (TPSA) is 137 Å². The Hall–Kier alpha value is -2.76. The van der Waals surface area contributed by atoms with E-state index in [-0.39, 0.29) is 17.8 Å². The lowest BCUT2D eigenvalue weighted by Gasteiger charge is -2.23. The molecule has 11 nitrogen and oxygen atoms in total. The van der Waals surface area contributed by atoms with Crippen LogP contribution in [0, 0.1) is 0 Å². The number of hydrogen-bond donors (Lipinski definition) is 2. The molecule has 0 aromatic carbocycles. The van der Waals surface area contributed by atoms with E-state index in [1.807, 2.05) is 6.92 Å². The zero-order chi connectivity index (χ0) is 22.8. The number of rotatable bonds is 9. The fourth-order valence-electron chi connectivity index (χ4n) is 3.83. The maximum atomic E-state index is 11.3.